The molecule has 1 aliphatic rings. The van der Waals surface area contributed by atoms with Gasteiger partial charge in [-0.2, -0.15) is 0 Å². The Morgan fingerprint density at radius 3 is 2.58 bits per heavy atom. The molecule has 3 rings (SSSR count). The van der Waals surface area contributed by atoms with E-state index in [-0.39, 0.29) is 37.7 Å². The lowest BCUT2D eigenvalue weighted by atomic mass is 10.1. The Bertz CT molecular complexity index is 1020. The number of nitrogens with zero attached hydrogens (tertiary/aromatic N) is 1. The Balaban J connectivity index is 1.37. The van der Waals surface area contributed by atoms with Crippen molar-refractivity contribution in [3.63, 3.8) is 0 Å². The van der Waals surface area contributed by atoms with E-state index in [0.29, 0.717) is 16.9 Å². The highest BCUT2D eigenvalue weighted by atomic mass is 16.5. The Hall–Kier alpha value is -3.68. The third kappa shape index (κ3) is 5.48. The van der Waals surface area contributed by atoms with Crippen LogP contribution in [0.4, 0.5) is 0 Å². The van der Waals surface area contributed by atoms with Gasteiger partial charge in [0.1, 0.15) is 5.75 Å². The van der Waals surface area contributed by atoms with Crippen LogP contribution in [0, 0.1) is 6.92 Å². The molecule has 8 nitrogen and oxygen atoms in total. The molecule has 0 unspecified atom stereocenters. The number of carbonyl (C=O) groups excluding carboxylic acids is 4. The topological polar surface area (TPSA) is 102 Å². The summed E-state index contributed by atoms with van der Waals surface area (Å²) in [6.07, 6.45) is 0.254. The summed E-state index contributed by atoms with van der Waals surface area (Å²) >= 11 is 0. The highest BCUT2D eigenvalue weighted by molar-refractivity contribution is 6.21. The summed E-state index contributed by atoms with van der Waals surface area (Å²) in [4.78, 5) is 49.7. The summed E-state index contributed by atoms with van der Waals surface area (Å²) in [7, 11) is 1.56. The van der Waals surface area contributed by atoms with Crippen LogP contribution in [0.5, 0.6) is 5.75 Å². The van der Waals surface area contributed by atoms with Crippen LogP contribution >= 0.6 is 0 Å². The molecule has 0 radical (unpaired) electrons. The van der Waals surface area contributed by atoms with Gasteiger partial charge in [0, 0.05) is 19.5 Å². The molecular formula is C23H24N2O6. The smallest absolute Gasteiger partial charge is 0.306 e. The molecule has 0 saturated heterocycles. The summed E-state index contributed by atoms with van der Waals surface area (Å²) < 4.78 is 10.1. The van der Waals surface area contributed by atoms with Gasteiger partial charge in [0.25, 0.3) is 17.7 Å². The van der Waals surface area contributed by atoms with Crippen LogP contribution in [-0.4, -0.2) is 48.9 Å². The second-order valence-electron chi connectivity index (χ2n) is 7.20. The number of nitrogens with one attached hydrogen (secondary N) is 1. The maximum absolute atomic E-state index is 12.4. The highest BCUT2D eigenvalue weighted by Crippen LogP contribution is 2.24. The Morgan fingerprint density at radius 1 is 1.03 bits per heavy atom. The van der Waals surface area contributed by atoms with Gasteiger partial charge in [-0.15, -0.1) is 0 Å². The van der Waals surface area contributed by atoms with Gasteiger partial charge in [-0.05, 0) is 43.2 Å². The van der Waals surface area contributed by atoms with E-state index in [2.05, 4.69) is 5.32 Å². The van der Waals surface area contributed by atoms with E-state index >= 15 is 0 Å². The van der Waals surface area contributed by atoms with Crippen molar-refractivity contribution in [3.8, 4) is 5.75 Å². The summed E-state index contributed by atoms with van der Waals surface area (Å²) in [5.41, 5.74) is 2.52. The molecule has 0 spiro atoms. The van der Waals surface area contributed by atoms with Crippen molar-refractivity contribution in [1.82, 2.24) is 10.2 Å². The lowest BCUT2D eigenvalue weighted by Gasteiger charge is -2.13. The molecule has 3 amide bonds. The van der Waals surface area contributed by atoms with E-state index in [9.17, 15) is 19.2 Å². The summed E-state index contributed by atoms with van der Waals surface area (Å²) in [5.74, 6) is -1.01. The fraction of sp³-hybridized carbons (Fsp3) is 0.304. The molecule has 1 heterocycles. The third-order valence-corrected chi connectivity index (χ3v) is 4.88. The number of rotatable bonds is 9. The normalized spacial score (nSPS) is 12.5. The van der Waals surface area contributed by atoms with Gasteiger partial charge in [-0.3, -0.25) is 24.1 Å². The van der Waals surface area contributed by atoms with E-state index in [1.165, 1.54) is 0 Å². The minimum Gasteiger partial charge on any atom is -0.497 e. The van der Waals surface area contributed by atoms with Crippen molar-refractivity contribution in [2.45, 2.75) is 26.3 Å². The molecule has 1 aliphatic heterocycles. The van der Waals surface area contributed by atoms with Crippen LogP contribution < -0.4 is 10.1 Å². The molecular weight excluding hydrogens is 400 g/mol. The van der Waals surface area contributed by atoms with Crippen molar-refractivity contribution in [3.05, 3.63) is 64.7 Å². The minimum absolute atomic E-state index is 0.00437. The number of imide groups is 1. The largest absolute Gasteiger partial charge is 0.497 e. The number of esters is 1. The van der Waals surface area contributed by atoms with Crippen LogP contribution in [0.1, 0.15) is 44.7 Å². The van der Waals surface area contributed by atoms with Gasteiger partial charge in [0.2, 0.25) is 0 Å². The van der Waals surface area contributed by atoms with Gasteiger partial charge < -0.3 is 14.8 Å². The van der Waals surface area contributed by atoms with E-state index in [1.54, 1.807) is 37.4 Å². The molecule has 2 aromatic rings. The van der Waals surface area contributed by atoms with Crippen molar-refractivity contribution >= 4 is 23.7 Å². The first-order valence-electron chi connectivity index (χ1n) is 9.91. The van der Waals surface area contributed by atoms with Gasteiger partial charge in [0.05, 0.1) is 18.2 Å². The van der Waals surface area contributed by atoms with Crippen LogP contribution in [-0.2, 0) is 20.9 Å². The number of amides is 3. The molecule has 0 bridgehead atoms. The highest BCUT2D eigenvalue weighted by Gasteiger charge is 2.35. The predicted molar refractivity (Wildman–Crippen MR) is 112 cm³/mol. The maximum Gasteiger partial charge on any atom is 0.306 e. The van der Waals surface area contributed by atoms with E-state index in [1.807, 2.05) is 19.1 Å². The quantitative estimate of drug-likeness (QED) is 0.489. The molecule has 0 aromatic heterocycles. The average molecular weight is 424 g/mol. The first kappa shape index (κ1) is 22.0. The van der Waals surface area contributed by atoms with Gasteiger partial charge in [-0.1, -0.05) is 23.8 Å². The van der Waals surface area contributed by atoms with Crippen LogP contribution in [0.15, 0.2) is 42.5 Å². The monoisotopic (exact) mass is 424 g/mol. The average Bonchev–Trinajstić information content (AvgIpc) is 3.00. The van der Waals surface area contributed by atoms with Gasteiger partial charge in [-0.25, -0.2) is 0 Å². The number of benzene rings is 2. The molecule has 0 atom stereocenters. The zero-order valence-electron chi connectivity index (χ0n) is 17.5. The number of aryl methyl sites for hydroxylation is 1. The van der Waals surface area contributed by atoms with Crippen molar-refractivity contribution in [2.75, 3.05) is 20.3 Å². The third-order valence-electron chi connectivity index (χ3n) is 4.88. The van der Waals surface area contributed by atoms with E-state index < -0.39 is 18.5 Å². The molecule has 8 heteroatoms. The first-order valence-corrected chi connectivity index (χ1v) is 9.91. The van der Waals surface area contributed by atoms with E-state index in [0.717, 1.165) is 16.0 Å². The minimum atomic E-state index is -0.566. The van der Waals surface area contributed by atoms with Gasteiger partial charge >= 0.3 is 5.97 Å². The molecule has 0 saturated carbocycles. The van der Waals surface area contributed by atoms with Crippen molar-refractivity contribution in [2.24, 2.45) is 0 Å². The number of hydrogen-bond donors (Lipinski definition) is 1. The second kappa shape index (κ2) is 9.88. The van der Waals surface area contributed by atoms with Crippen LogP contribution in [0.3, 0.4) is 0 Å². The van der Waals surface area contributed by atoms with Crippen LogP contribution in [0.25, 0.3) is 0 Å². The molecule has 162 valence electrons. The number of ether oxygens (including phenoxy) is 2. The molecule has 31 heavy (non-hydrogen) atoms. The van der Waals surface area contributed by atoms with Gasteiger partial charge in [0.15, 0.2) is 6.61 Å². The SMILES string of the molecule is COc1cccc(CNC(=O)COC(=O)CCCN2C(=O)c3ccc(C)cc3C2=O)c1. The lowest BCUT2D eigenvalue weighted by molar-refractivity contribution is -0.148. The molecule has 0 aliphatic carbocycles. The second-order valence-corrected chi connectivity index (χ2v) is 7.20. The Kier molecular flexibility index (Phi) is 7.02. The zero-order valence-corrected chi connectivity index (χ0v) is 17.5. The standard InChI is InChI=1S/C23H24N2O6/c1-15-8-9-18-19(11-15)23(29)25(22(18)28)10-4-7-21(27)31-14-20(26)24-13-16-5-3-6-17(12-16)30-2/h3,5-6,8-9,11-12H,4,7,10,13-14H2,1-2H3,(H,24,26). The number of fused-ring (bicyclic) bond motifs is 1. The van der Waals surface area contributed by atoms with Crippen molar-refractivity contribution < 1.29 is 28.7 Å². The fourth-order valence-electron chi connectivity index (χ4n) is 3.24. The summed E-state index contributed by atoms with van der Waals surface area (Å²) in [5, 5.41) is 2.66. The maximum atomic E-state index is 12.4. The summed E-state index contributed by atoms with van der Waals surface area (Å²) in [6.45, 7) is 1.86. The molecule has 2 aromatic carbocycles. The van der Waals surface area contributed by atoms with Crippen molar-refractivity contribution in [1.29, 1.82) is 0 Å². The predicted octanol–water partition coefficient (Wildman–Crippen LogP) is 2.24. The fourth-order valence-corrected chi connectivity index (χ4v) is 3.24. The Morgan fingerprint density at radius 2 is 1.81 bits per heavy atom. The summed E-state index contributed by atoms with van der Waals surface area (Å²) in [6, 6.07) is 12.4. The zero-order chi connectivity index (χ0) is 22.4. The molecule has 0 fully saturated rings. The van der Waals surface area contributed by atoms with E-state index in [4.69, 9.17) is 9.47 Å². The lowest BCUT2D eigenvalue weighted by Crippen LogP contribution is -2.31. The number of methoxy groups -OCH3 is 1. The molecule has 1 N–H and O–H groups in total. The number of carbonyl (C=O) groups is 4. The Labute approximate surface area is 180 Å². The first-order chi connectivity index (χ1) is 14.9. The number of hydrogen-bond acceptors (Lipinski definition) is 6. The van der Waals surface area contributed by atoms with Crippen LogP contribution in [0.2, 0.25) is 0 Å².